The SMILES string of the molecule is O=C(N[C@H](CO)Cc1cccnc1)c1cccc2c1OCC2. The Balaban J connectivity index is 1.71. The van der Waals surface area contributed by atoms with E-state index in [1.807, 2.05) is 24.3 Å². The molecule has 0 spiro atoms. The first-order valence-corrected chi connectivity index (χ1v) is 7.33. The van der Waals surface area contributed by atoms with Gasteiger partial charge in [0.25, 0.3) is 5.91 Å². The predicted molar refractivity (Wildman–Crippen MR) is 81.9 cm³/mol. The monoisotopic (exact) mass is 298 g/mol. The molecule has 2 N–H and O–H groups in total. The molecule has 0 saturated heterocycles. The summed E-state index contributed by atoms with van der Waals surface area (Å²) in [6, 6.07) is 8.98. The number of ether oxygens (including phenoxy) is 1. The van der Waals surface area contributed by atoms with Gasteiger partial charge in [-0.05, 0) is 29.7 Å². The molecule has 114 valence electrons. The molecule has 0 aliphatic carbocycles. The minimum absolute atomic E-state index is 0.128. The molecule has 0 bridgehead atoms. The lowest BCUT2D eigenvalue weighted by molar-refractivity contribution is 0.0913. The van der Waals surface area contributed by atoms with Crippen LogP contribution in [0.1, 0.15) is 21.5 Å². The molecule has 5 heteroatoms. The molecule has 1 aromatic heterocycles. The van der Waals surface area contributed by atoms with Gasteiger partial charge in [-0.25, -0.2) is 0 Å². The molecule has 1 aliphatic heterocycles. The fraction of sp³-hybridized carbons (Fsp3) is 0.294. The molecule has 1 amide bonds. The van der Waals surface area contributed by atoms with Gasteiger partial charge in [-0.1, -0.05) is 18.2 Å². The Hall–Kier alpha value is -2.40. The predicted octanol–water partition coefficient (Wildman–Crippen LogP) is 1.35. The van der Waals surface area contributed by atoms with Gasteiger partial charge in [-0.2, -0.15) is 0 Å². The van der Waals surface area contributed by atoms with Crippen LogP contribution in [0.2, 0.25) is 0 Å². The van der Waals surface area contributed by atoms with Crippen molar-refractivity contribution in [1.29, 1.82) is 0 Å². The first-order chi connectivity index (χ1) is 10.8. The van der Waals surface area contributed by atoms with Gasteiger partial charge in [-0.3, -0.25) is 9.78 Å². The number of hydrogen-bond donors (Lipinski definition) is 2. The number of rotatable bonds is 5. The quantitative estimate of drug-likeness (QED) is 0.874. The largest absolute Gasteiger partial charge is 0.492 e. The van der Waals surface area contributed by atoms with Gasteiger partial charge in [0.1, 0.15) is 5.75 Å². The van der Waals surface area contributed by atoms with E-state index >= 15 is 0 Å². The third-order valence-electron chi connectivity index (χ3n) is 3.72. The Morgan fingerprint density at radius 2 is 2.27 bits per heavy atom. The summed E-state index contributed by atoms with van der Waals surface area (Å²) in [6.45, 7) is 0.481. The van der Waals surface area contributed by atoms with Crippen molar-refractivity contribution in [2.24, 2.45) is 0 Å². The highest BCUT2D eigenvalue weighted by molar-refractivity contribution is 5.97. The normalized spacial score (nSPS) is 14.0. The van der Waals surface area contributed by atoms with Crippen molar-refractivity contribution in [2.45, 2.75) is 18.9 Å². The lowest BCUT2D eigenvalue weighted by atomic mass is 10.1. The molecule has 22 heavy (non-hydrogen) atoms. The molecule has 1 atom stereocenters. The maximum atomic E-state index is 12.4. The zero-order chi connectivity index (χ0) is 15.4. The van der Waals surface area contributed by atoms with E-state index in [4.69, 9.17) is 4.74 Å². The molecule has 0 radical (unpaired) electrons. The molecule has 0 unspecified atom stereocenters. The molecule has 5 nitrogen and oxygen atoms in total. The van der Waals surface area contributed by atoms with E-state index in [0.717, 1.165) is 17.5 Å². The van der Waals surface area contributed by atoms with Gasteiger partial charge >= 0.3 is 0 Å². The van der Waals surface area contributed by atoms with Crippen LogP contribution in [0.15, 0.2) is 42.7 Å². The number of amides is 1. The number of aliphatic hydroxyl groups excluding tert-OH is 1. The van der Waals surface area contributed by atoms with Crippen molar-refractivity contribution >= 4 is 5.91 Å². The standard InChI is InChI=1S/C17H18N2O3/c20-11-14(9-12-3-2-7-18-10-12)19-17(21)15-5-1-4-13-6-8-22-16(13)15/h1-5,7,10,14,20H,6,8-9,11H2,(H,19,21)/t14-/m0/s1. The Bertz CT molecular complexity index is 658. The van der Waals surface area contributed by atoms with Crippen LogP contribution in [-0.4, -0.2) is 35.3 Å². The summed E-state index contributed by atoms with van der Waals surface area (Å²) in [6.07, 6.45) is 4.79. The molecule has 0 fully saturated rings. The maximum absolute atomic E-state index is 12.4. The van der Waals surface area contributed by atoms with E-state index in [2.05, 4.69) is 10.3 Å². The van der Waals surface area contributed by atoms with Crippen LogP contribution >= 0.6 is 0 Å². The second-order valence-electron chi connectivity index (χ2n) is 5.31. The third kappa shape index (κ3) is 3.09. The fourth-order valence-electron chi connectivity index (χ4n) is 2.62. The number of benzene rings is 1. The highest BCUT2D eigenvalue weighted by atomic mass is 16.5. The summed E-state index contributed by atoms with van der Waals surface area (Å²) in [5.41, 5.74) is 2.55. The van der Waals surface area contributed by atoms with Crippen LogP contribution in [0.5, 0.6) is 5.75 Å². The Kier molecular flexibility index (Phi) is 4.34. The highest BCUT2D eigenvalue weighted by Crippen LogP contribution is 2.29. The molecular formula is C17H18N2O3. The van der Waals surface area contributed by atoms with Crippen LogP contribution < -0.4 is 10.1 Å². The summed E-state index contributed by atoms with van der Waals surface area (Å²) in [7, 11) is 0. The van der Waals surface area contributed by atoms with Gasteiger partial charge in [-0.15, -0.1) is 0 Å². The molecule has 1 aliphatic rings. The third-order valence-corrected chi connectivity index (χ3v) is 3.72. The van der Waals surface area contributed by atoms with Crippen LogP contribution in [-0.2, 0) is 12.8 Å². The van der Waals surface area contributed by atoms with Gasteiger partial charge in [0, 0.05) is 18.8 Å². The molecule has 1 aromatic carbocycles. The topological polar surface area (TPSA) is 71.5 Å². The van der Waals surface area contributed by atoms with Crippen molar-refractivity contribution in [3.63, 3.8) is 0 Å². The number of nitrogens with zero attached hydrogens (tertiary/aromatic N) is 1. The average Bonchev–Trinajstić information content (AvgIpc) is 3.03. The number of pyridine rings is 1. The van der Waals surface area contributed by atoms with Crippen molar-refractivity contribution in [3.05, 3.63) is 59.4 Å². The summed E-state index contributed by atoms with van der Waals surface area (Å²) in [5, 5.41) is 12.4. The number of hydrogen-bond acceptors (Lipinski definition) is 4. The number of aromatic nitrogens is 1. The summed E-state index contributed by atoms with van der Waals surface area (Å²) < 4.78 is 5.55. The number of aliphatic hydroxyl groups is 1. The summed E-state index contributed by atoms with van der Waals surface area (Å²) in [4.78, 5) is 16.5. The van der Waals surface area contributed by atoms with Gasteiger partial charge in [0.05, 0.1) is 24.8 Å². The second-order valence-corrected chi connectivity index (χ2v) is 5.31. The lowest BCUT2D eigenvalue weighted by Crippen LogP contribution is -2.39. The van der Waals surface area contributed by atoms with Crippen molar-refractivity contribution < 1.29 is 14.6 Å². The minimum Gasteiger partial charge on any atom is -0.492 e. The summed E-state index contributed by atoms with van der Waals surface area (Å²) >= 11 is 0. The Morgan fingerprint density at radius 1 is 1.36 bits per heavy atom. The Morgan fingerprint density at radius 3 is 3.05 bits per heavy atom. The van der Waals surface area contributed by atoms with E-state index in [0.29, 0.717) is 24.3 Å². The molecule has 0 saturated carbocycles. The smallest absolute Gasteiger partial charge is 0.255 e. The van der Waals surface area contributed by atoms with Crippen molar-refractivity contribution in [2.75, 3.05) is 13.2 Å². The van der Waals surface area contributed by atoms with E-state index < -0.39 is 0 Å². The van der Waals surface area contributed by atoms with Crippen LogP contribution in [0, 0.1) is 0 Å². The van der Waals surface area contributed by atoms with E-state index in [9.17, 15) is 9.90 Å². The van der Waals surface area contributed by atoms with E-state index in [1.165, 1.54) is 0 Å². The number of carbonyl (C=O) groups is 1. The van der Waals surface area contributed by atoms with E-state index in [-0.39, 0.29) is 18.6 Å². The number of para-hydroxylation sites is 1. The number of nitrogens with one attached hydrogen (secondary N) is 1. The number of carbonyl (C=O) groups excluding carboxylic acids is 1. The zero-order valence-corrected chi connectivity index (χ0v) is 12.2. The zero-order valence-electron chi connectivity index (χ0n) is 12.2. The van der Waals surface area contributed by atoms with Gasteiger partial charge in [0.15, 0.2) is 0 Å². The Labute approximate surface area is 129 Å². The molecule has 2 aromatic rings. The van der Waals surface area contributed by atoms with Crippen LogP contribution in [0.3, 0.4) is 0 Å². The average molecular weight is 298 g/mol. The lowest BCUT2D eigenvalue weighted by Gasteiger charge is -2.17. The number of fused-ring (bicyclic) bond motifs is 1. The van der Waals surface area contributed by atoms with Gasteiger partial charge < -0.3 is 15.2 Å². The fourth-order valence-corrected chi connectivity index (χ4v) is 2.62. The van der Waals surface area contributed by atoms with Crippen LogP contribution in [0.4, 0.5) is 0 Å². The second kappa shape index (κ2) is 6.58. The minimum atomic E-state index is -0.353. The molecule has 2 heterocycles. The van der Waals surface area contributed by atoms with Gasteiger partial charge in [0.2, 0.25) is 0 Å². The van der Waals surface area contributed by atoms with Crippen LogP contribution in [0.25, 0.3) is 0 Å². The first kappa shape index (κ1) is 14.5. The van der Waals surface area contributed by atoms with E-state index in [1.54, 1.807) is 18.5 Å². The maximum Gasteiger partial charge on any atom is 0.255 e. The van der Waals surface area contributed by atoms with Crippen molar-refractivity contribution in [1.82, 2.24) is 10.3 Å². The highest BCUT2D eigenvalue weighted by Gasteiger charge is 2.22. The van der Waals surface area contributed by atoms with Crippen molar-refractivity contribution in [3.8, 4) is 5.75 Å². The first-order valence-electron chi connectivity index (χ1n) is 7.33. The molecular weight excluding hydrogens is 280 g/mol. The molecule has 3 rings (SSSR count). The summed E-state index contributed by atoms with van der Waals surface area (Å²) in [5.74, 6) is 0.444.